The van der Waals surface area contributed by atoms with Gasteiger partial charge in [-0.25, -0.2) is 18.4 Å². The van der Waals surface area contributed by atoms with Crippen molar-refractivity contribution in [1.29, 1.82) is 10.8 Å². The summed E-state index contributed by atoms with van der Waals surface area (Å²) in [6.45, 7) is 7.07. The van der Waals surface area contributed by atoms with E-state index in [9.17, 15) is 41.2 Å². The highest BCUT2D eigenvalue weighted by Crippen LogP contribution is 2.25. The minimum absolute atomic E-state index is 0.0820. The summed E-state index contributed by atoms with van der Waals surface area (Å²) in [5.74, 6) is -2.79. The Balaban J connectivity index is 0.000000230. The number of nitrogens with zero attached hydrogens (tertiary/aromatic N) is 4. The molecule has 3 heterocycles. The Morgan fingerprint density at radius 2 is 1.15 bits per heavy atom. The number of carbonyl (C=O) groups is 5. The number of benzene rings is 4. The van der Waals surface area contributed by atoms with Crippen LogP contribution in [0, 0.1) is 22.5 Å². The van der Waals surface area contributed by atoms with Crippen molar-refractivity contribution in [3.05, 3.63) is 131 Å². The molecule has 0 radical (unpaired) electrons. The van der Waals surface area contributed by atoms with Crippen LogP contribution in [-0.2, 0) is 33.3 Å². The predicted octanol–water partition coefficient (Wildman–Crippen LogP) is 4.36. The predicted molar refractivity (Wildman–Crippen MR) is 244 cm³/mol. The lowest BCUT2D eigenvalue weighted by Crippen LogP contribution is -2.49. The van der Waals surface area contributed by atoms with Crippen LogP contribution in [0.15, 0.2) is 97.1 Å². The van der Waals surface area contributed by atoms with Gasteiger partial charge in [-0.2, -0.15) is 8.42 Å². The van der Waals surface area contributed by atoms with Crippen molar-refractivity contribution in [2.24, 2.45) is 0 Å². The number of carbonyl (C=O) groups excluding carboxylic acids is 5. The summed E-state index contributed by atoms with van der Waals surface area (Å²) in [6.07, 6.45) is -0.791. The largest absolute Gasteiger partial charge is 0.466 e. The molecule has 0 spiro atoms. The van der Waals surface area contributed by atoms with Gasteiger partial charge in [0.2, 0.25) is 0 Å². The third kappa shape index (κ3) is 14.4. The molecule has 19 nitrogen and oxygen atoms in total. The second-order valence-electron chi connectivity index (χ2n) is 15.7. The maximum atomic E-state index is 13.4. The van der Waals surface area contributed by atoms with Gasteiger partial charge in [-0.3, -0.25) is 44.1 Å². The summed E-state index contributed by atoms with van der Waals surface area (Å²) < 4.78 is 69.0. The summed E-state index contributed by atoms with van der Waals surface area (Å²) in [4.78, 5) is 67.9. The normalized spacial score (nSPS) is 17.4. The highest BCUT2D eigenvalue weighted by atomic mass is 32.2. The Kier molecular flexibility index (Phi) is 17.0. The van der Waals surface area contributed by atoms with Gasteiger partial charge >= 0.3 is 18.2 Å². The third-order valence-corrected chi connectivity index (χ3v) is 11.2. The molecule has 4 N–H and O–H groups in total. The average molecular weight is 961 g/mol. The zero-order valence-corrected chi connectivity index (χ0v) is 37.9. The number of piperazine rings is 1. The number of esters is 1. The van der Waals surface area contributed by atoms with Gasteiger partial charge < -0.3 is 29.7 Å². The number of rotatable bonds is 15. The molecule has 3 aliphatic heterocycles. The van der Waals surface area contributed by atoms with Gasteiger partial charge in [0.05, 0.1) is 32.4 Å². The molecule has 2 atom stereocenters. The van der Waals surface area contributed by atoms with Crippen LogP contribution in [0.25, 0.3) is 0 Å². The molecule has 4 aromatic rings. The molecule has 7 rings (SSSR count). The first-order valence-corrected chi connectivity index (χ1v) is 23.2. The van der Waals surface area contributed by atoms with Gasteiger partial charge in [0.15, 0.2) is 0 Å². The smallest absolute Gasteiger partial charge is 0.414 e. The fraction of sp³-hybridized carbons (Fsp3) is 0.326. The lowest BCUT2D eigenvalue weighted by Gasteiger charge is -2.35. The Morgan fingerprint density at radius 1 is 0.691 bits per heavy atom. The molecule has 3 aliphatic rings. The fourth-order valence-corrected chi connectivity index (χ4v) is 7.60. The fourth-order valence-electron chi connectivity index (χ4n) is 7.20. The van der Waals surface area contributed by atoms with Crippen molar-refractivity contribution in [2.75, 3.05) is 81.6 Å². The zero-order valence-electron chi connectivity index (χ0n) is 37.1. The molecule has 0 aliphatic carbocycles. The van der Waals surface area contributed by atoms with Crippen LogP contribution >= 0.6 is 0 Å². The molecule has 68 heavy (non-hydrogen) atoms. The van der Waals surface area contributed by atoms with Crippen molar-refractivity contribution in [3.8, 4) is 0 Å². The van der Waals surface area contributed by atoms with E-state index in [2.05, 4.69) is 24.6 Å². The van der Waals surface area contributed by atoms with Crippen molar-refractivity contribution >= 4 is 63.1 Å². The summed E-state index contributed by atoms with van der Waals surface area (Å²) in [6, 6.07) is 23.2. The van der Waals surface area contributed by atoms with Crippen molar-refractivity contribution in [2.45, 2.75) is 25.6 Å². The van der Waals surface area contributed by atoms with Gasteiger partial charge in [0.25, 0.3) is 21.9 Å². The number of amidine groups is 2. The maximum absolute atomic E-state index is 13.4. The molecule has 3 fully saturated rings. The molecule has 3 saturated heterocycles. The molecule has 360 valence electrons. The molecule has 22 heteroatoms. The Morgan fingerprint density at radius 3 is 1.60 bits per heavy atom. The molecule has 0 saturated carbocycles. The number of amides is 4. The number of hydrogen-bond donors (Lipinski definition) is 4. The van der Waals surface area contributed by atoms with Gasteiger partial charge in [0.1, 0.15) is 42.1 Å². The van der Waals surface area contributed by atoms with Gasteiger partial charge in [-0.05, 0) is 91.9 Å². The number of anilines is 2. The monoisotopic (exact) mass is 960 g/mol. The van der Waals surface area contributed by atoms with E-state index in [1.165, 1.54) is 53.4 Å². The number of nitrogens with one attached hydrogen (secondary N) is 4. The first-order valence-electron chi connectivity index (χ1n) is 21.4. The molecule has 4 aromatic carbocycles. The SMILES string of the molecule is CCOC(=O)CCN1CCN(CC2CN(c3ccc(C(=N)NC(=O)c4cccc(F)c4)cc3)C(=O)O2)CC1.CS(=O)(=O)OCC1CN(c2ccc(C(=N)NC(=O)c3cccc(F)c3)cc2)C(=O)O1. The summed E-state index contributed by atoms with van der Waals surface area (Å²) in [5.41, 5.74) is 2.12. The van der Waals surface area contributed by atoms with E-state index in [1.54, 1.807) is 48.2 Å². The topological polar surface area (TPSA) is 241 Å². The Hall–Kier alpha value is -7.14. The molecule has 0 bridgehead atoms. The van der Waals surface area contributed by atoms with Gasteiger partial charge in [0, 0.05) is 72.9 Å². The Labute approximate surface area is 391 Å². The van der Waals surface area contributed by atoms with Crippen molar-refractivity contribution in [3.63, 3.8) is 0 Å². The number of hydrogen-bond acceptors (Lipinski definition) is 15. The molecular weight excluding hydrogens is 911 g/mol. The lowest BCUT2D eigenvalue weighted by atomic mass is 10.1. The molecule has 2 unspecified atom stereocenters. The van der Waals surface area contributed by atoms with E-state index >= 15 is 0 Å². The van der Waals surface area contributed by atoms with Gasteiger partial charge in [-0.1, -0.05) is 12.1 Å². The minimum atomic E-state index is -3.65. The van der Waals surface area contributed by atoms with E-state index in [0.29, 0.717) is 55.2 Å². The van der Waals surface area contributed by atoms with Crippen molar-refractivity contribution < 1.29 is 59.6 Å². The van der Waals surface area contributed by atoms with Gasteiger partial charge in [-0.15, -0.1) is 0 Å². The number of ether oxygens (including phenoxy) is 3. The number of cyclic esters (lactones) is 2. The van der Waals surface area contributed by atoms with Crippen LogP contribution in [0.4, 0.5) is 29.7 Å². The van der Waals surface area contributed by atoms with E-state index in [0.717, 1.165) is 44.6 Å². The second kappa shape index (κ2) is 23.0. The van der Waals surface area contributed by atoms with Crippen LogP contribution in [-0.4, -0.2) is 144 Å². The second-order valence-corrected chi connectivity index (χ2v) is 17.3. The quantitative estimate of drug-likeness (QED) is 0.0427. The molecule has 0 aromatic heterocycles. The first kappa shape index (κ1) is 50.3. The average Bonchev–Trinajstić information content (AvgIpc) is 3.88. The molecular formula is C46H50F2N8O11S. The summed E-state index contributed by atoms with van der Waals surface area (Å²) in [7, 11) is -3.65. The van der Waals surface area contributed by atoms with E-state index in [1.807, 2.05) is 0 Å². The zero-order chi connectivity index (χ0) is 49.0. The maximum Gasteiger partial charge on any atom is 0.414 e. The van der Waals surface area contributed by atoms with E-state index < -0.39 is 51.9 Å². The Bertz CT molecular complexity index is 2610. The first-order chi connectivity index (χ1) is 32.4. The van der Waals surface area contributed by atoms with Crippen LogP contribution < -0.4 is 20.4 Å². The lowest BCUT2D eigenvalue weighted by molar-refractivity contribution is -0.143. The van der Waals surface area contributed by atoms with E-state index in [-0.39, 0.29) is 48.0 Å². The number of halogens is 2. The van der Waals surface area contributed by atoms with Crippen LogP contribution in [0.1, 0.15) is 45.2 Å². The van der Waals surface area contributed by atoms with Crippen molar-refractivity contribution in [1.82, 2.24) is 20.4 Å². The van der Waals surface area contributed by atoms with Crippen LogP contribution in [0.2, 0.25) is 0 Å². The molecule has 4 amide bonds. The summed E-state index contributed by atoms with van der Waals surface area (Å²) in [5, 5.41) is 21.0. The highest BCUT2D eigenvalue weighted by Gasteiger charge is 2.35. The highest BCUT2D eigenvalue weighted by molar-refractivity contribution is 7.86. The summed E-state index contributed by atoms with van der Waals surface area (Å²) >= 11 is 0. The standard InChI is InChI=1S/C27H32FN5O5.C19H18FN3O6S/c1-2-37-24(34)10-11-31-12-14-32(15-13-31)17-23-18-33(27(36)38-23)22-8-6-19(7-9-22)25(29)30-26(35)20-4-3-5-21(28)16-20;1-30(26,27)28-11-16-10-23(19(25)29-16)15-7-5-12(6-8-15)17(21)22-18(24)13-3-2-4-14(20)9-13/h3-9,16,23H,2,10-15,17-18H2,1H3,(H2,29,30,35);2-9,16H,10-11H2,1H3,(H2,21,22,24). The van der Waals surface area contributed by atoms with E-state index in [4.69, 9.17) is 25.0 Å². The van der Waals surface area contributed by atoms with Crippen LogP contribution in [0.3, 0.4) is 0 Å². The van der Waals surface area contributed by atoms with Crippen LogP contribution in [0.5, 0.6) is 0 Å². The minimum Gasteiger partial charge on any atom is -0.466 e. The third-order valence-electron chi connectivity index (χ3n) is 10.7.